The highest BCUT2D eigenvalue weighted by Gasteiger charge is 2.34. The van der Waals surface area contributed by atoms with Crippen molar-refractivity contribution in [3.05, 3.63) is 66.2 Å². The molecule has 2 aromatic rings. The third-order valence-electron chi connectivity index (χ3n) is 3.69. The minimum absolute atomic E-state index is 0.192. The van der Waals surface area contributed by atoms with Gasteiger partial charge in [0.05, 0.1) is 12.5 Å². The molecule has 1 atom stereocenters. The van der Waals surface area contributed by atoms with Gasteiger partial charge in [-0.05, 0) is 17.7 Å². The van der Waals surface area contributed by atoms with E-state index in [0.29, 0.717) is 12.3 Å². The van der Waals surface area contributed by atoms with E-state index in [1.807, 2.05) is 60.7 Å². The molecule has 0 N–H and O–H groups in total. The van der Waals surface area contributed by atoms with Gasteiger partial charge in [-0.3, -0.25) is 4.79 Å². The maximum absolute atomic E-state index is 12.8. The van der Waals surface area contributed by atoms with Crippen molar-refractivity contribution in [2.24, 2.45) is 0 Å². The van der Waals surface area contributed by atoms with Gasteiger partial charge in [-0.25, -0.2) is 9.69 Å². The van der Waals surface area contributed by atoms with Gasteiger partial charge in [0.15, 0.2) is 0 Å². The number of carbonyl (C=O) groups excluding carboxylic acids is 2. The highest BCUT2D eigenvalue weighted by Crippen LogP contribution is 2.28. The largest absolute Gasteiger partial charge is 0.447 e. The van der Waals surface area contributed by atoms with Gasteiger partial charge in [-0.2, -0.15) is 0 Å². The zero-order valence-corrected chi connectivity index (χ0v) is 13.4. The number of ether oxygens (including phenoxy) is 1. The zero-order chi connectivity index (χ0) is 16.1. The second kappa shape index (κ2) is 7.33. The van der Waals surface area contributed by atoms with E-state index in [1.165, 1.54) is 4.90 Å². The Morgan fingerprint density at radius 2 is 1.74 bits per heavy atom. The monoisotopic (exact) mass is 327 g/mol. The van der Waals surface area contributed by atoms with E-state index >= 15 is 0 Å². The quantitative estimate of drug-likeness (QED) is 0.788. The fourth-order valence-electron chi connectivity index (χ4n) is 2.47. The molecule has 1 aliphatic heterocycles. The number of imide groups is 1. The molecule has 0 radical (unpaired) electrons. The van der Waals surface area contributed by atoms with Gasteiger partial charge in [0.2, 0.25) is 5.91 Å². The van der Waals surface area contributed by atoms with Crippen LogP contribution in [0.3, 0.4) is 0 Å². The van der Waals surface area contributed by atoms with Crippen molar-refractivity contribution in [3.63, 3.8) is 0 Å². The fourth-order valence-corrected chi connectivity index (χ4v) is 3.52. The summed E-state index contributed by atoms with van der Waals surface area (Å²) in [7, 11) is 0. The Balaban J connectivity index is 1.79. The van der Waals surface area contributed by atoms with Crippen LogP contribution in [-0.2, 0) is 9.53 Å². The van der Waals surface area contributed by atoms with Gasteiger partial charge in [-0.15, -0.1) is 11.8 Å². The molecule has 5 heteroatoms. The lowest BCUT2D eigenvalue weighted by Crippen LogP contribution is -2.36. The summed E-state index contributed by atoms with van der Waals surface area (Å²) in [5, 5.41) is 0. The van der Waals surface area contributed by atoms with Crippen LogP contribution in [0.5, 0.6) is 0 Å². The Morgan fingerprint density at radius 1 is 1.09 bits per heavy atom. The molecule has 118 valence electrons. The van der Waals surface area contributed by atoms with Gasteiger partial charge in [0.1, 0.15) is 6.61 Å². The van der Waals surface area contributed by atoms with E-state index in [4.69, 9.17) is 4.74 Å². The first-order valence-corrected chi connectivity index (χ1v) is 8.45. The molecule has 0 spiro atoms. The molecule has 23 heavy (non-hydrogen) atoms. The van der Waals surface area contributed by atoms with Crippen LogP contribution in [0.15, 0.2) is 65.6 Å². The Labute approximate surface area is 139 Å². The molecule has 2 aromatic carbocycles. The molecule has 1 saturated heterocycles. The van der Waals surface area contributed by atoms with Gasteiger partial charge < -0.3 is 4.74 Å². The summed E-state index contributed by atoms with van der Waals surface area (Å²) < 4.78 is 4.89. The van der Waals surface area contributed by atoms with Crippen molar-refractivity contribution in [1.82, 2.24) is 4.90 Å². The maximum atomic E-state index is 12.8. The van der Waals surface area contributed by atoms with E-state index in [2.05, 4.69) is 0 Å². The summed E-state index contributed by atoms with van der Waals surface area (Å²) in [6, 6.07) is 19.5. The molecule has 4 nitrogen and oxygen atoms in total. The van der Waals surface area contributed by atoms with E-state index in [1.54, 1.807) is 11.8 Å². The maximum Gasteiger partial charge on any atom is 0.416 e. The number of carbonyl (C=O) groups is 2. The second-order valence-electron chi connectivity index (χ2n) is 5.19. The number of benzene rings is 2. The lowest BCUT2D eigenvalue weighted by Gasteiger charge is -2.20. The number of hydrogen-bond donors (Lipinski definition) is 0. The number of cyclic esters (lactones) is 1. The van der Waals surface area contributed by atoms with Gasteiger partial charge in [-0.1, -0.05) is 48.5 Å². The summed E-state index contributed by atoms with van der Waals surface area (Å²) in [5.74, 6) is 0.0191. The number of hydrogen-bond acceptors (Lipinski definition) is 4. The standard InChI is InChI=1S/C18H17NO3S/c20-17(19-11-12-22-18(19)21)16(14-7-3-1-4-8-14)13-23-15-9-5-2-6-10-15/h1-10,16H,11-13H2/t16-/m1/s1. The first-order chi connectivity index (χ1) is 11.3. The van der Waals surface area contributed by atoms with Crippen LogP contribution in [0.25, 0.3) is 0 Å². The molecule has 0 aromatic heterocycles. The van der Waals surface area contributed by atoms with E-state index in [9.17, 15) is 9.59 Å². The average Bonchev–Trinajstić information content (AvgIpc) is 3.03. The molecule has 3 rings (SSSR count). The van der Waals surface area contributed by atoms with Crippen molar-refractivity contribution in [2.45, 2.75) is 10.8 Å². The minimum Gasteiger partial charge on any atom is -0.447 e. The normalized spacial score (nSPS) is 15.3. The Kier molecular flexibility index (Phi) is 4.98. The molecule has 0 aliphatic carbocycles. The first kappa shape index (κ1) is 15.6. The number of amides is 2. The van der Waals surface area contributed by atoms with Gasteiger partial charge in [0, 0.05) is 10.6 Å². The molecule has 0 saturated carbocycles. The molecule has 1 aliphatic rings. The highest BCUT2D eigenvalue weighted by molar-refractivity contribution is 7.99. The summed E-state index contributed by atoms with van der Waals surface area (Å²) >= 11 is 1.61. The van der Waals surface area contributed by atoms with Crippen molar-refractivity contribution < 1.29 is 14.3 Å². The van der Waals surface area contributed by atoms with Crippen LogP contribution in [0.1, 0.15) is 11.5 Å². The van der Waals surface area contributed by atoms with E-state index < -0.39 is 6.09 Å². The lowest BCUT2D eigenvalue weighted by atomic mass is 10.00. The molecular weight excluding hydrogens is 310 g/mol. The molecule has 2 amide bonds. The van der Waals surface area contributed by atoms with Crippen LogP contribution >= 0.6 is 11.8 Å². The van der Waals surface area contributed by atoms with Crippen LogP contribution in [0.2, 0.25) is 0 Å². The summed E-state index contributed by atoms with van der Waals surface area (Å²) in [6.07, 6.45) is -0.541. The molecule has 0 unspecified atom stereocenters. The summed E-state index contributed by atoms with van der Waals surface area (Å²) in [4.78, 5) is 26.8. The second-order valence-corrected chi connectivity index (χ2v) is 6.28. The Bertz CT molecular complexity index is 675. The molecular formula is C18H17NO3S. The van der Waals surface area contributed by atoms with Crippen LogP contribution in [0.4, 0.5) is 4.79 Å². The topological polar surface area (TPSA) is 46.6 Å². The average molecular weight is 327 g/mol. The summed E-state index contributed by atoms with van der Waals surface area (Å²) in [6.45, 7) is 0.606. The zero-order valence-electron chi connectivity index (χ0n) is 12.6. The Morgan fingerprint density at radius 3 is 2.35 bits per heavy atom. The number of rotatable bonds is 5. The predicted octanol–water partition coefficient (Wildman–Crippen LogP) is 3.54. The lowest BCUT2D eigenvalue weighted by molar-refractivity contribution is -0.128. The Hall–Kier alpha value is -2.27. The van der Waals surface area contributed by atoms with Crippen molar-refractivity contribution in [1.29, 1.82) is 0 Å². The van der Waals surface area contributed by atoms with Gasteiger partial charge >= 0.3 is 6.09 Å². The number of nitrogens with zero attached hydrogens (tertiary/aromatic N) is 1. The smallest absolute Gasteiger partial charge is 0.416 e. The molecule has 0 bridgehead atoms. The SMILES string of the molecule is O=C1OCCN1C(=O)[C@H](CSc1ccccc1)c1ccccc1. The molecule has 1 heterocycles. The minimum atomic E-state index is -0.541. The fraction of sp³-hybridized carbons (Fsp3) is 0.222. The third-order valence-corrected chi connectivity index (χ3v) is 4.79. The van der Waals surface area contributed by atoms with Crippen LogP contribution in [-0.4, -0.2) is 35.8 Å². The van der Waals surface area contributed by atoms with Crippen molar-refractivity contribution in [3.8, 4) is 0 Å². The van der Waals surface area contributed by atoms with Gasteiger partial charge in [0.25, 0.3) is 0 Å². The first-order valence-electron chi connectivity index (χ1n) is 7.46. The van der Waals surface area contributed by atoms with Crippen molar-refractivity contribution in [2.75, 3.05) is 18.9 Å². The number of thioether (sulfide) groups is 1. The van der Waals surface area contributed by atoms with E-state index in [0.717, 1.165) is 10.5 Å². The van der Waals surface area contributed by atoms with Crippen LogP contribution < -0.4 is 0 Å². The predicted molar refractivity (Wildman–Crippen MR) is 89.4 cm³/mol. The van der Waals surface area contributed by atoms with E-state index in [-0.39, 0.29) is 18.4 Å². The third kappa shape index (κ3) is 3.74. The summed E-state index contributed by atoms with van der Waals surface area (Å²) in [5.41, 5.74) is 0.917. The van der Waals surface area contributed by atoms with Crippen LogP contribution in [0, 0.1) is 0 Å². The molecule has 1 fully saturated rings. The highest BCUT2D eigenvalue weighted by atomic mass is 32.2. The van der Waals surface area contributed by atoms with Crippen molar-refractivity contribution >= 4 is 23.8 Å².